The number of aryl methyl sites for hydroxylation is 1. The molecule has 0 unspecified atom stereocenters. The second kappa shape index (κ2) is 6.12. The number of hydrogen-bond acceptors (Lipinski definition) is 4. The number of thiazole rings is 1. The highest BCUT2D eigenvalue weighted by molar-refractivity contribution is 7.09. The summed E-state index contributed by atoms with van der Waals surface area (Å²) in [5.74, 6) is 0.104. The third-order valence-corrected chi connectivity index (χ3v) is 3.74. The quantitative estimate of drug-likeness (QED) is 0.912. The number of halogens is 1. The summed E-state index contributed by atoms with van der Waals surface area (Å²) in [6, 6.07) is 4.14. The van der Waals surface area contributed by atoms with Gasteiger partial charge >= 0.3 is 0 Å². The van der Waals surface area contributed by atoms with Crippen LogP contribution in [0.3, 0.4) is 0 Å². The topological polar surface area (TPSA) is 42.4 Å². The van der Waals surface area contributed by atoms with Crippen LogP contribution >= 0.6 is 11.3 Å². The predicted molar refractivity (Wildman–Crippen MR) is 72.9 cm³/mol. The van der Waals surface area contributed by atoms with Gasteiger partial charge in [0.15, 0.2) is 0 Å². The van der Waals surface area contributed by atoms with E-state index in [9.17, 15) is 9.50 Å². The molecule has 1 N–H and O–H groups in total. The van der Waals surface area contributed by atoms with Crippen molar-refractivity contribution in [2.45, 2.75) is 33.0 Å². The van der Waals surface area contributed by atoms with E-state index < -0.39 is 6.10 Å². The van der Waals surface area contributed by atoms with Gasteiger partial charge in [0.25, 0.3) is 0 Å². The minimum Gasteiger partial charge on any atom is -0.487 e. The van der Waals surface area contributed by atoms with Crippen LogP contribution in [-0.4, -0.2) is 10.1 Å². The fourth-order valence-electron chi connectivity index (χ4n) is 1.71. The van der Waals surface area contributed by atoms with Gasteiger partial charge in [-0.3, -0.25) is 0 Å². The first-order valence-corrected chi connectivity index (χ1v) is 7.01. The number of aliphatic hydroxyl groups is 1. The SMILES string of the molecule is CCc1nc(COc2ccc(F)cc2[C@@H](C)O)cs1. The normalized spacial score (nSPS) is 12.4. The van der Waals surface area contributed by atoms with Crippen LogP contribution < -0.4 is 4.74 Å². The molecule has 0 saturated heterocycles. The van der Waals surface area contributed by atoms with Crippen LogP contribution in [0.1, 0.15) is 36.2 Å². The maximum Gasteiger partial charge on any atom is 0.131 e. The van der Waals surface area contributed by atoms with Crippen molar-refractivity contribution in [3.8, 4) is 5.75 Å². The van der Waals surface area contributed by atoms with Crippen molar-refractivity contribution >= 4 is 11.3 Å². The van der Waals surface area contributed by atoms with E-state index in [1.165, 1.54) is 18.2 Å². The summed E-state index contributed by atoms with van der Waals surface area (Å²) in [6.07, 6.45) is 0.132. The molecule has 1 heterocycles. The van der Waals surface area contributed by atoms with Crippen molar-refractivity contribution in [3.05, 3.63) is 45.7 Å². The highest BCUT2D eigenvalue weighted by Gasteiger charge is 2.11. The van der Waals surface area contributed by atoms with Gasteiger partial charge in [0, 0.05) is 10.9 Å². The molecule has 0 aliphatic heterocycles. The summed E-state index contributed by atoms with van der Waals surface area (Å²) >= 11 is 1.60. The van der Waals surface area contributed by atoms with E-state index in [0.717, 1.165) is 17.1 Å². The fourth-order valence-corrected chi connectivity index (χ4v) is 2.44. The minimum absolute atomic E-state index is 0.321. The Morgan fingerprint density at radius 3 is 2.89 bits per heavy atom. The van der Waals surface area contributed by atoms with Crippen LogP contribution in [-0.2, 0) is 13.0 Å². The second-order valence-electron chi connectivity index (χ2n) is 4.23. The van der Waals surface area contributed by atoms with Crippen molar-refractivity contribution < 1.29 is 14.2 Å². The molecule has 0 aliphatic carbocycles. The van der Waals surface area contributed by atoms with Gasteiger partial charge in [0.05, 0.1) is 16.8 Å². The summed E-state index contributed by atoms with van der Waals surface area (Å²) in [5, 5.41) is 12.6. The number of ether oxygens (including phenoxy) is 1. The molecular weight excluding hydrogens is 265 g/mol. The number of nitrogens with zero attached hydrogens (tertiary/aromatic N) is 1. The largest absolute Gasteiger partial charge is 0.487 e. The average molecular weight is 281 g/mol. The Morgan fingerprint density at radius 1 is 1.47 bits per heavy atom. The van der Waals surface area contributed by atoms with Gasteiger partial charge in [0.1, 0.15) is 18.2 Å². The van der Waals surface area contributed by atoms with Gasteiger partial charge in [-0.2, -0.15) is 0 Å². The highest BCUT2D eigenvalue weighted by Crippen LogP contribution is 2.26. The first-order chi connectivity index (χ1) is 9.10. The van der Waals surface area contributed by atoms with Crippen molar-refractivity contribution in [1.82, 2.24) is 4.98 Å². The molecule has 0 aliphatic rings. The van der Waals surface area contributed by atoms with Crippen LogP contribution in [0.25, 0.3) is 0 Å². The standard InChI is InChI=1S/C14H16FNO2S/c1-3-14-16-11(8-19-14)7-18-13-5-4-10(15)6-12(13)9(2)17/h4-6,8-9,17H,3,7H2,1-2H3/t9-/m1/s1. The van der Waals surface area contributed by atoms with E-state index in [-0.39, 0.29) is 5.82 Å². The Balaban J connectivity index is 2.10. The number of benzene rings is 1. The van der Waals surface area contributed by atoms with Crippen LogP contribution in [0.2, 0.25) is 0 Å². The summed E-state index contributed by atoms with van der Waals surface area (Å²) < 4.78 is 18.8. The second-order valence-corrected chi connectivity index (χ2v) is 5.18. The van der Waals surface area contributed by atoms with Crippen molar-refractivity contribution in [3.63, 3.8) is 0 Å². The molecule has 0 saturated carbocycles. The third-order valence-electron chi connectivity index (χ3n) is 2.70. The van der Waals surface area contributed by atoms with Gasteiger partial charge in [-0.05, 0) is 31.5 Å². The van der Waals surface area contributed by atoms with Gasteiger partial charge < -0.3 is 9.84 Å². The molecule has 0 amide bonds. The lowest BCUT2D eigenvalue weighted by molar-refractivity contribution is 0.189. The predicted octanol–water partition coefficient (Wildman–Crippen LogP) is 3.48. The maximum absolute atomic E-state index is 13.1. The van der Waals surface area contributed by atoms with E-state index >= 15 is 0 Å². The van der Waals surface area contributed by atoms with Gasteiger partial charge in [-0.25, -0.2) is 9.37 Å². The molecule has 0 bridgehead atoms. The zero-order valence-electron chi connectivity index (χ0n) is 10.9. The fraction of sp³-hybridized carbons (Fsp3) is 0.357. The van der Waals surface area contributed by atoms with Gasteiger partial charge in [-0.15, -0.1) is 11.3 Å². The number of rotatable bonds is 5. The summed E-state index contributed by atoms with van der Waals surface area (Å²) in [4.78, 5) is 4.39. The highest BCUT2D eigenvalue weighted by atomic mass is 32.1. The Morgan fingerprint density at radius 2 is 2.26 bits per heavy atom. The lowest BCUT2D eigenvalue weighted by Gasteiger charge is -2.12. The van der Waals surface area contributed by atoms with E-state index in [1.807, 2.05) is 5.38 Å². The number of hydrogen-bond donors (Lipinski definition) is 1. The Bertz CT molecular complexity index is 554. The van der Waals surface area contributed by atoms with Crippen molar-refractivity contribution in [1.29, 1.82) is 0 Å². The van der Waals surface area contributed by atoms with Crippen LogP contribution in [0.15, 0.2) is 23.6 Å². The number of aromatic nitrogens is 1. The molecule has 5 heteroatoms. The summed E-state index contributed by atoms with van der Waals surface area (Å²) in [7, 11) is 0. The van der Waals surface area contributed by atoms with Crippen LogP contribution in [0.5, 0.6) is 5.75 Å². The molecule has 0 radical (unpaired) electrons. The van der Waals surface area contributed by atoms with Crippen LogP contribution in [0, 0.1) is 5.82 Å². The molecule has 1 aromatic heterocycles. The average Bonchev–Trinajstić information content (AvgIpc) is 2.85. The Kier molecular flexibility index (Phi) is 4.50. The smallest absolute Gasteiger partial charge is 0.131 e. The molecular formula is C14H16FNO2S. The third kappa shape index (κ3) is 3.52. The summed E-state index contributed by atoms with van der Waals surface area (Å²) in [5.41, 5.74) is 1.30. The summed E-state index contributed by atoms with van der Waals surface area (Å²) in [6.45, 7) is 3.95. The molecule has 3 nitrogen and oxygen atoms in total. The molecule has 0 spiro atoms. The van der Waals surface area contributed by atoms with E-state index in [1.54, 1.807) is 18.3 Å². The molecule has 0 fully saturated rings. The first-order valence-electron chi connectivity index (χ1n) is 6.13. The molecule has 19 heavy (non-hydrogen) atoms. The minimum atomic E-state index is -0.771. The van der Waals surface area contributed by atoms with E-state index in [0.29, 0.717) is 17.9 Å². The zero-order valence-corrected chi connectivity index (χ0v) is 11.7. The first kappa shape index (κ1) is 14.0. The van der Waals surface area contributed by atoms with Crippen LogP contribution in [0.4, 0.5) is 4.39 Å². The monoisotopic (exact) mass is 281 g/mol. The molecule has 2 aromatic rings. The van der Waals surface area contributed by atoms with Crippen molar-refractivity contribution in [2.24, 2.45) is 0 Å². The molecule has 102 valence electrons. The van der Waals surface area contributed by atoms with E-state index in [4.69, 9.17) is 4.74 Å². The number of aliphatic hydroxyl groups excluding tert-OH is 1. The molecule has 1 atom stereocenters. The maximum atomic E-state index is 13.1. The van der Waals surface area contributed by atoms with Crippen molar-refractivity contribution in [2.75, 3.05) is 0 Å². The zero-order chi connectivity index (χ0) is 13.8. The molecule has 1 aromatic carbocycles. The van der Waals surface area contributed by atoms with Gasteiger partial charge in [-0.1, -0.05) is 6.92 Å². The Labute approximate surface area is 115 Å². The van der Waals surface area contributed by atoms with Gasteiger partial charge in [0.2, 0.25) is 0 Å². The Hall–Kier alpha value is -1.46. The van der Waals surface area contributed by atoms with E-state index in [2.05, 4.69) is 11.9 Å². The lowest BCUT2D eigenvalue weighted by atomic mass is 10.1. The molecule has 2 rings (SSSR count). The lowest BCUT2D eigenvalue weighted by Crippen LogP contribution is -2.02.